The predicted octanol–water partition coefficient (Wildman–Crippen LogP) is 4.70. The molecule has 3 rings (SSSR count). The van der Waals surface area contributed by atoms with E-state index in [0.29, 0.717) is 27.7 Å². The van der Waals surface area contributed by atoms with Crippen LogP contribution < -0.4 is 20.2 Å². The van der Waals surface area contributed by atoms with Crippen molar-refractivity contribution in [3.63, 3.8) is 0 Å². The van der Waals surface area contributed by atoms with Crippen molar-refractivity contribution in [3.05, 3.63) is 58.6 Å². The van der Waals surface area contributed by atoms with E-state index in [-0.39, 0.29) is 5.56 Å². The van der Waals surface area contributed by atoms with Gasteiger partial charge in [0.05, 0.1) is 23.9 Å². The second kappa shape index (κ2) is 10.9. The maximum atomic E-state index is 12.4. The fourth-order valence-electron chi connectivity index (χ4n) is 3.26. The zero-order valence-corrected chi connectivity index (χ0v) is 18.3. The number of benzene rings is 2. The molecule has 30 heavy (non-hydrogen) atoms. The van der Waals surface area contributed by atoms with Gasteiger partial charge in [-0.15, -0.1) is 0 Å². The largest absolute Gasteiger partial charge is 0.493 e. The second-order valence-corrected chi connectivity index (χ2v) is 7.77. The lowest BCUT2D eigenvalue weighted by molar-refractivity contribution is 0.0730. The molecule has 6 nitrogen and oxygen atoms in total. The summed E-state index contributed by atoms with van der Waals surface area (Å²) in [5.41, 5.74) is 3.89. The summed E-state index contributed by atoms with van der Waals surface area (Å²) < 4.78 is 10.8. The molecule has 8 heteroatoms. The smallest absolute Gasteiger partial charge is 0.345 e. The monoisotopic (exact) mass is 445 g/mol. The van der Waals surface area contributed by atoms with Crippen molar-refractivity contribution in [2.75, 3.05) is 7.11 Å². The third-order valence-electron chi connectivity index (χ3n) is 4.80. The highest BCUT2D eigenvalue weighted by Gasteiger charge is 2.16. The zero-order valence-electron chi connectivity index (χ0n) is 16.7. The lowest BCUT2D eigenvalue weighted by Gasteiger charge is -2.23. The molecular formula is C22H24ClN3O3S. The van der Waals surface area contributed by atoms with Crippen LogP contribution in [-0.2, 0) is 0 Å². The maximum Gasteiger partial charge on any atom is 0.345 e. The van der Waals surface area contributed by atoms with Crippen LogP contribution >= 0.6 is 23.8 Å². The van der Waals surface area contributed by atoms with Crippen molar-refractivity contribution in [1.29, 1.82) is 0 Å². The van der Waals surface area contributed by atoms with Gasteiger partial charge in [0, 0.05) is 6.04 Å². The van der Waals surface area contributed by atoms with Crippen LogP contribution in [0, 0.1) is 0 Å². The first-order valence-corrected chi connectivity index (χ1v) is 10.6. The third-order valence-corrected chi connectivity index (χ3v) is 5.34. The van der Waals surface area contributed by atoms with Crippen LogP contribution in [-0.4, -0.2) is 30.4 Å². The van der Waals surface area contributed by atoms with Crippen LogP contribution in [0.4, 0.5) is 0 Å². The van der Waals surface area contributed by atoms with Crippen molar-refractivity contribution in [2.45, 2.75) is 38.1 Å². The lowest BCUT2D eigenvalue weighted by Crippen LogP contribution is -2.40. The molecule has 0 radical (unpaired) electrons. The minimum atomic E-state index is -0.555. The highest BCUT2D eigenvalue weighted by atomic mass is 35.5. The summed E-state index contributed by atoms with van der Waals surface area (Å²) in [4.78, 5) is 12.4. The summed E-state index contributed by atoms with van der Waals surface area (Å²) in [5, 5.41) is 8.30. The second-order valence-electron chi connectivity index (χ2n) is 6.96. The summed E-state index contributed by atoms with van der Waals surface area (Å²) >= 11 is 11.4. The van der Waals surface area contributed by atoms with Crippen molar-refractivity contribution in [3.8, 4) is 11.5 Å². The number of thiocarbonyl (C=S) groups is 1. The maximum absolute atomic E-state index is 12.4. The molecule has 0 saturated heterocycles. The van der Waals surface area contributed by atoms with Crippen LogP contribution in [0.1, 0.15) is 48.0 Å². The fraction of sp³-hybridized carbons (Fsp3) is 0.318. The number of hydrogen-bond acceptors (Lipinski definition) is 5. The lowest BCUT2D eigenvalue weighted by atomic mass is 9.96. The number of halogens is 1. The molecule has 0 spiro atoms. The fourth-order valence-corrected chi connectivity index (χ4v) is 3.69. The number of nitrogens with zero attached hydrogens (tertiary/aromatic N) is 1. The Balaban J connectivity index is 1.59. The van der Waals surface area contributed by atoms with Crippen molar-refractivity contribution in [2.24, 2.45) is 5.10 Å². The normalized spacial score (nSPS) is 14.3. The van der Waals surface area contributed by atoms with E-state index in [2.05, 4.69) is 15.8 Å². The van der Waals surface area contributed by atoms with Gasteiger partial charge in [-0.05, 0) is 61.0 Å². The van der Waals surface area contributed by atoms with Gasteiger partial charge in [0.25, 0.3) is 0 Å². The molecule has 2 aromatic rings. The number of hydrogen-bond donors (Lipinski definition) is 2. The molecule has 1 aliphatic carbocycles. The minimum absolute atomic E-state index is 0.287. The molecule has 0 bridgehead atoms. The number of rotatable bonds is 6. The Labute approximate surface area is 186 Å². The van der Waals surface area contributed by atoms with Crippen molar-refractivity contribution < 1.29 is 14.3 Å². The topological polar surface area (TPSA) is 71.9 Å². The van der Waals surface area contributed by atoms with Crippen LogP contribution in [0.25, 0.3) is 0 Å². The molecule has 2 aromatic carbocycles. The molecule has 1 saturated carbocycles. The molecule has 0 amide bonds. The summed E-state index contributed by atoms with van der Waals surface area (Å²) in [5.74, 6) is 0.144. The molecule has 0 atom stereocenters. The Kier molecular flexibility index (Phi) is 8.04. The van der Waals surface area contributed by atoms with E-state index in [1.807, 2.05) is 0 Å². The van der Waals surface area contributed by atoms with Gasteiger partial charge in [-0.3, -0.25) is 5.43 Å². The average Bonchev–Trinajstić information content (AvgIpc) is 2.75. The van der Waals surface area contributed by atoms with Gasteiger partial charge in [-0.1, -0.05) is 43.0 Å². The Morgan fingerprint density at radius 1 is 1.17 bits per heavy atom. The van der Waals surface area contributed by atoms with E-state index in [1.54, 1.807) is 48.7 Å². The van der Waals surface area contributed by atoms with Crippen LogP contribution in [0.5, 0.6) is 11.5 Å². The standard InChI is InChI=1S/C22H24ClN3O3S/c1-28-20-13-15(14-24-26-22(30)25-16-7-3-2-4-8-16)11-12-19(20)29-21(27)17-9-5-6-10-18(17)23/h5-6,9-14,16H,2-4,7-8H2,1H3,(H2,25,26,30). The number of carbonyl (C=O) groups excluding carboxylic acids is 1. The first kappa shape index (κ1) is 22.1. The molecule has 0 unspecified atom stereocenters. The average molecular weight is 446 g/mol. The van der Waals surface area contributed by atoms with E-state index in [4.69, 9.17) is 33.3 Å². The van der Waals surface area contributed by atoms with E-state index in [9.17, 15) is 4.79 Å². The van der Waals surface area contributed by atoms with Gasteiger partial charge in [-0.2, -0.15) is 5.10 Å². The highest BCUT2D eigenvalue weighted by Crippen LogP contribution is 2.29. The molecule has 0 heterocycles. The minimum Gasteiger partial charge on any atom is -0.493 e. The predicted molar refractivity (Wildman–Crippen MR) is 123 cm³/mol. The Morgan fingerprint density at radius 2 is 1.93 bits per heavy atom. The summed E-state index contributed by atoms with van der Waals surface area (Å²) in [7, 11) is 1.50. The summed E-state index contributed by atoms with van der Waals surface area (Å²) in [6.07, 6.45) is 7.65. The number of esters is 1. The van der Waals surface area contributed by atoms with Crippen LogP contribution in [0.15, 0.2) is 47.6 Å². The van der Waals surface area contributed by atoms with E-state index in [1.165, 1.54) is 26.4 Å². The quantitative estimate of drug-likeness (QED) is 0.221. The Morgan fingerprint density at radius 3 is 2.67 bits per heavy atom. The molecular weight excluding hydrogens is 422 g/mol. The first-order chi connectivity index (χ1) is 14.6. The van der Waals surface area contributed by atoms with Gasteiger partial charge >= 0.3 is 5.97 Å². The number of carbonyl (C=O) groups is 1. The molecule has 0 aliphatic heterocycles. The van der Waals surface area contributed by atoms with Gasteiger partial charge in [0.15, 0.2) is 16.6 Å². The van der Waals surface area contributed by atoms with Gasteiger partial charge in [-0.25, -0.2) is 4.79 Å². The first-order valence-electron chi connectivity index (χ1n) is 9.81. The van der Waals surface area contributed by atoms with Gasteiger partial charge < -0.3 is 14.8 Å². The van der Waals surface area contributed by atoms with Gasteiger partial charge in [0.1, 0.15) is 0 Å². The SMILES string of the molecule is COc1cc(C=NNC(=S)NC2CCCCC2)ccc1OC(=O)c1ccccc1Cl. The number of nitrogens with one attached hydrogen (secondary N) is 2. The molecule has 0 aromatic heterocycles. The molecule has 158 valence electrons. The summed E-state index contributed by atoms with van der Waals surface area (Å²) in [6, 6.07) is 12.3. The molecule has 1 fully saturated rings. The number of hydrazone groups is 1. The van der Waals surface area contributed by atoms with E-state index in [0.717, 1.165) is 18.4 Å². The molecule has 1 aliphatic rings. The Bertz CT molecular complexity index is 930. The number of ether oxygens (including phenoxy) is 2. The summed E-state index contributed by atoms with van der Waals surface area (Å²) in [6.45, 7) is 0. The third kappa shape index (κ3) is 6.18. The van der Waals surface area contributed by atoms with Crippen molar-refractivity contribution >= 4 is 41.1 Å². The van der Waals surface area contributed by atoms with Crippen molar-refractivity contribution in [1.82, 2.24) is 10.7 Å². The zero-order chi connectivity index (χ0) is 21.3. The Hall–Kier alpha value is -2.64. The highest BCUT2D eigenvalue weighted by molar-refractivity contribution is 7.80. The number of methoxy groups -OCH3 is 1. The molecule has 2 N–H and O–H groups in total. The van der Waals surface area contributed by atoms with Gasteiger partial charge in [0.2, 0.25) is 0 Å². The van der Waals surface area contributed by atoms with E-state index < -0.39 is 5.97 Å². The van der Waals surface area contributed by atoms with E-state index >= 15 is 0 Å². The van der Waals surface area contributed by atoms with Crippen LogP contribution in [0.3, 0.4) is 0 Å². The van der Waals surface area contributed by atoms with Crippen LogP contribution in [0.2, 0.25) is 5.02 Å².